The van der Waals surface area contributed by atoms with E-state index >= 15 is 0 Å². The number of rotatable bonds is 9. The van der Waals surface area contributed by atoms with Crippen LogP contribution in [0.15, 0.2) is 12.2 Å². The molecule has 18 nitrogen and oxygen atoms in total. The Kier molecular flexibility index (Phi) is 11.9. The van der Waals surface area contributed by atoms with E-state index in [1.807, 2.05) is 6.92 Å². The van der Waals surface area contributed by atoms with Crippen molar-refractivity contribution in [3.8, 4) is 0 Å². The maximum Gasteiger partial charge on any atom is 0.314 e. The normalized spacial score (nSPS) is 54.6. The molecule has 1 spiro atoms. The van der Waals surface area contributed by atoms with Crippen molar-refractivity contribution in [3.05, 3.63) is 12.2 Å². The van der Waals surface area contributed by atoms with Crippen LogP contribution in [0.25, 0.3) is 0 Å². The van der Waals surface area contributed by atoms with Crippen LogP contribution in [-0.4, -0.2) is 180 Å². The molecule has 0 aromatic carbocycles. The van der Waals surface area contributed by atoms with Crippen LogP contribution in [0.1, 0.15) is 71.6 Å². The van der Waals surface area contributed by atoms with E-state index in [1.54, 1.807) is 0 Å². The lowest BCUT2D eigenvalue weighted by molar-refractivity contribution is -0.369. The predicted octanol–water partition coefficient (Wildman–Crippen LogP) is -2.94. The monoisotopic (exact) mass is 804 g/mol. The first-order valence-electron chi connectivity index (χ1n) is 19.9. The SMILES string of the molecule is C=C1C[C@@]23CC[C@H]4[C@@](C)(CCC[C@@]4(C)C(=O)O[C@@H]4O[C@H](CO)[C@@H](O)[C@H](O)[C@H]4O)[C@@H]2CC[C@]1(O[C@@H]1O[C@H](CO)[C@@H](O)[C@H](O[C@@H]2O[C@H](CO)[C@@H](O)[C@H](O)[C@H]2O)[C@H]1O)C3. The van der Waals surface area contributed by atoms with E-state index in [0.29, 0.717) is 38.5 Å². The number of aliphatic hydroxyl groups excluding tert-OH is 11. The lowest BCUT2D eigenvalue weighted by Crippen LogP contribution is -2.65. The van der Waals surface area contributed by atoms with Gasteiger partial charge in [-0.2, -0.15) is 0 Å². The van der Waals surface area contributed by atoms with Crippen molar-refractivity contribution in [1.82, 2.24) is 0 Å². The molecule has 0 aromatic rings. The molecule has 3 heterocycles. The van der Waals surface area contributed by atoms with E-state index in [4.69, 9.17) is 28.4 Å². The van der Waals surface area contributed by atoms with Crippen LogP contribution in [0, 0.1) is 28.1 Å². The van der Waals surface area contributed by atoms with Crippen LogP contribution in [0.2, 0.25) is 0 Å². The highest BCUT2D eigenvalue weighted by Gasteiger charge is 2.69. The van der Waals surface area contributed by atoms with Crippen molar-refractivity contribution in [2.75, 3.05) is 19.8 Å². The van der Waals surface area contributed by atoms with Crippen LogP contribution in [0.4, 0.5) is 0 Å². The minimum Gasteiger partial charge on any atom is -0.432 e. The molecule has 0 amide bonds. The van der Waals surface area contributed by atoms with Crippen LogP contribution in [0.3, 0.4) is 0 Å². The lowest BCUT2D eigenvalue weighted by atomic mass is 9.41. The molecule has 320 valence electrons. The van der Waals surface area contributed by atoms with Gasteiger partial charge in [-0.1, -0.05) is 19.9 Å². The Bertz CT molecular complexity index is 1450. The van der Waals surface area contributed by atoms with Gasteiger partial charge in [0.05, 0.1) is 30.8 Å². The number of aliphatic hydroxyl groups is 11. The fourth-order valence-corrected chi connectivity index (χ4v) is 12.0. The zero-order valence-electron chi connectivity index (χ0n) is 31.8. The molecule has 0 radical (unpaired) electrons. The Morgan fingerprint density at radius 2 is 1.23 bits per heavy atom. The molecule has 7 rings (SSSR count). The van der Waals surface area contributed by atoms with E-state index in [-0.39, 0.29) is 22.7 Å². The number of ether oxygens (including phenoxy) is 6. The van der Waals surface area contributed by atoms with Crippen molar-refractivity contribution in [1.29, 1.82) is 0 Å². The second-order valence-electron chi connectivity index (χ2n) is 18.0. The van der Waals surface area contributed by atoms with Crippen LogP contribution in [0.5, 0.6) is 0 Å². The molecule has 56 heavy (non-hydrogen) atoms. The first-order chi connectivity index (χ1) is 26.4. The molecular formula is C38H60O18. The van der Waals surface area contributed by atoms with Crippen molar-refractivity contribution in [2.45, 2.75) is 169 Å². The molecular weight excluding hydrogens is 744 g/mol. The summed E-state index contributed by atoms with van der Waals surface area (Å²) < 4.78 is 35.1. The highest BCUT2D eigenvalue weighted by Crippen LogP contribution is 2.73. The number of hydrogen-bond acceptors (Lipinski definition) is 18. The van der Waals surface area contributed by atoms with E-state index in [2.05, 4.69) is 13.5 Å². The Balaban J connectivity index is 1.07. The summed E-state index contributed by atoms with van der Waals surface area (Å²) >= 11 is 0. The highest BCUT2D eigenvalue weighted by atomic mass is 16.7. The van der Waals surface area contributed by atoms with Gasteiger partial charge in [-0.15, -0.1) is 0 Å². The standard InChI is InChI=1S/C38H60O18/c1-16-11-37-9-5-20-35(2,7-4-8-36(20,3)34(50)55-32-28(48)26(46)23(43)18(13-40)52-32)21(37)6-10-38(16,15-37)56-33-29(49)30(24(44)19(14-41)53-33)54-31-27(47)25(45)22(42)17(12-39)51-31/h17-33,39-49H,1,4-15H2,2-3H3/t17-,18-,19-,20+,21+,22-,23-,24-,25+,26+,27-,28-,29-,30+,31+,32+,33+,35-,36-,37-,38+/m1/s1. The number of carbonyl (C=O) groups excluding carboxylic acids is 1. The average molecular weight is 805 g/mol. The Morgan fingerprint density at radius 1 is 0.679 bits per heavy atom. The van der Waals surface area contributed by atoms with E-state index < -0.39 is 129 Å². The van der Waals surface area contributed by atoms with Gasteiger partial charge in [-0.05, 0) is 86.5 Å². The molecule has 4 aliphatic carbocycles. The summed E-state index contributed by atoms with van der Waals surface area (Å²) in [6, 6.07) is 0. The Morgan fingerprint density at radius 3 is 1.86 bits per heavy atom. The van der Waals surface area contributed by atoms with E-state index in [0.717, 1.165) is 24.8 Å². The number of esters is 1. The van der Waals surface area contributed by atoms with Gasteiger partial charge in [-0.3, -0.25) is 4.79 Å². The van der Waals surface area contributed by atoms with Gasteiger partial charge >= 0.3 is 5.97 Å². The molecule has 3 aliphatic heterocycles. The van der Waals surface area contributed by atoms with Crippen LogP contribution in [-0.2, 0) is 33.2 Å². The van der Waals surface area contributed by atoms with Gasteiger partial charge in [0, 0.05) is 0 Å². The van der Waals surface area contributed by atoms with Crippen molar-refractivity contribution in [3.63, 3.8) is 0 Å². The smallest absolute Gasteiger partial charge is 0.314 e. The molecule has 0 unspecified atom stereocenters. The van der Waals surface area contributed by atoms with Crippen molar-refractivity contribution >= 4 is 5.97 Å². The summed E-state index contributed by atoms with van der Waals surface area (Å²) in [6.45, 7) is 6.50. The molecule has 7 fully saturated rings. The Labute approximate surface area is 324 Å². The third-order valence-corrected chi connectivity index (χ3v) is 15.0. The second-order valence-corrected chi connectivity index (χ2v) is 18.0. The zero-order chi connectivity index (χ0) is 40.7. The fourth-order valence-electron chi connectivity index (χ4n) is 12.0. The molecule has 21 atom stereocenters. The number of carbonyl (C=O) groups is 1. The maximum absolute atomic E-state index is 14.1. The third-order valence-electron chi connectivity index (χ3n) is 15.0. The first-order valence-corrected chi connectivity index (χ1v) is 19.9. The topological polar surface area (TPSA) is 295 Å². The van der Waals surface area contributed by atoms with Gasteiger partial charge in [0.2, 0.25) is 6.29 Å². The maximum atomic E-state index is 14.1. The summed E-state index contributed by atoms with van der Waals surface area (Å²) in [5.41, 5.74) is -1.72. The Hall–Kier alpha value is -1.43. The second kappa shape index (κ2) is 15.6. The quantitative estimate of drug-likeness (QED) is 0.0631. The van der Waals surface area contributed by atoms with Gasteiger partial charge in [0.1, 0.15) is 73.2 Å². The largest absolute Gasteiger partial charge is 0.432 e. The summed E-state index contributed by atoms with van der Waals surface area (Å²) in [5.74, 6) is -0.562. The third kappa shape index (κ3) is 6.69. The minimum atomic E-state index is -1.81. The molecule has 2 bridgehead atoms. The lowest BCUT2D eigenvalue weighted by Gasteiger charge is -2.64. The highest BCUT2D eigenvalue weighted by molar-refractivity contribution is 5.77. The molecule has 7 aliphatic rings. The van der Waals surface area contributed by atoms with Crippen molar-refractivity contribution < 1.29 is 89.4 Å². The van der Waals surface area contributed by atoms with Crippen molar-refractivity contribution in [2.24, 2.45) is 28.1 Å². The predicted molar refractivity (Wildman–Crippen MR) is 186 cm³/mol. The summed E-state index contributed by atoms with van der Waals surface area (Å²) in [6.07, 6.45) is -17.7. The van der Waals surface area contributed by atoms with Gasteiger partial charge < -0.3 is 84.6 Å². The summed E-state index contributed by atoms with van der Waals surface area (Å²) in [4.78, 5) is 14.1. The fraction of sp³-hybridized carbons (Fsp3) is 0.921. The molecule has 0 aromatic heterocycles. The molecule has 4 saturated carbocycles. The molecule has 11 N–H and O–H groups in total. The number of hydrogen-bond donors (Lipinski definition) is 11. The van der Waals surface area contributed by atoms with Gasteiger partial charge in [-0.25, -0.2) is 0 Å². The summed E-state index contributed by atoms with van der Waals surface area (Å²) in [7, 11) is 0. The van der Waals surface area contributed by atoms with Gasteiger partial charge in [0.25, 0.3) is 0 Å². The molecule has 3 saturated heterocycles. The average Bonchev–Trinajstić information content (AvgIpc) is 3.37. The molecule has 18 heteroatoms. The zero-order valence-corrected chi connectivity index (χ0v) is 31.8. The van der Waals surface area contributed by atoms with Gasteiger partial charge in [0.15, 0.2) is 12.6 Å². The van der Waals surface area contributed by atoms with E-state index in [9.17, 15) is 61.0 Å². The van der Waals surface area contributed by atoms with E-state index in [1.165, 1.54) is 0 Å². The summed E-state index contributed by atoms with van der Waals surface area (Å²) in [5, 5.41) is 114. The number of fused-ring (bicyclic) bond motifs is 3. The minimum absolute atomic E-state index is 0.116. The van der Waals surface area contributed by atoms with Crippen LogP contribution < -0.4 is 0 Å². The first kappa shape index (κ1) is 42.7. The van der Waals surface area contributed by atoms with Crippen LogP contribution >= 0.6 is 0 Å².